The van der Waals surface area contributed by atoms with Crippen LogP contribution in [0.3, 0.4) is 0 Å². The number of hydrogen-bond donors (Lipinski definition) is 1. The van der Waals surface area contributed by atoms with Crippen LogP contribution in [0, 0.1) is 6.92 Å². The van der Waals surface area contributed by atoms with E-state index in [-0.39, 0.29) is 17.3 Å². The minimum atomic E-state index is -2.54. The number of alkyl halides is 2. The third-order valence-electron chi connectivity index (χ3n) is 1.81. The van der Waals surface area contributed by atoms with Crippen molar-refractivity contribution in [2.75, 3.05) is 0 Å². The Morgan fingerprint density at radius 2 is 2.23 bits per heavy atom. The van der Waals surface area contributed by atoms with Crippen LogP contribution in [0.4, 0.5) is 8.78 Å². The zero-order chi connectivity index (χ0) is 10.0. The third kappa shape index (κ3) is 2.14. The van der Waals surface area contributed by atoms with Crippen LogP contribution >= 0.6 is 11.6 Å². The molecule has 2 N–H and O–H groups in total. The Hall–Kier alpha value is -0.740. The van der Waals surface area contributed by atoms with Crippen molar-refractivity contribution in [3.63, 3.8) is 0 Å². The first-order chi connectivity index (χ1) is 6.06. The minimum Gasteiger partial charge on any atom is -0.325 e. The van der Waals surface area contributed by atoms with E-state index in [1.165, 1.54) is 6.07 Å². The van der Waals surface area contributed by atoms with Crippen molar-refractivity contribution < 1.29 is 8.78 Å². The van der Waals surface area contributed by atoms with Crippen molar-refractivity contribution in [2.24, 2.45) is 5.73 Å². The van der Waals surface area contributed by atoms with Crippen LogP contribution in [0.15, 0.2) is 6.07 Å². The lowest BCUT2D eigenvalue weighted by molar-refractivity contribution is 0.150. The van der Waals surface area contributed by atoms with E-state index in [1.54, 1.807) is 6.92 Å². The van der Waals surface area contributed by atoms with Crippen molar-refractivity contribution in [3.8, 4) is 0 Å². The first-order valence-electron chi connectivity index (χ1n) is 3.70. The predicted octanol–water partition coefficient (Wildman–Crippen LogP) is 2.44. The number of hydrogen-bond acceptors (Lipinski definition) is 2. The molecule has 0 saturated carbocycles. The summed E-state index contributed by atoms with van der Waals surface area (Å²) in [4.78, 5) is 3.84. The fraction of sp³-hybridized carbons (Fsp3) is 0.375. The van der Waals surface area contributed by atoms with Crippen molar-refractivity contribution >= 4 is 11.6 Å². The monoisotopic (exact) mass is 206 g/mol. The van der Waals surface area contributed by atoms with E-state index < -0.39 is 6.43 Å². The zero-order valence-electron chi connectivity index (χ0n) is 7.02. The molecule has 0 amide bonds. The van der Waals surface area contributed by atoms with Gasteiger partial charge in [0.05, 0.1) is 5.69 Å². The number of nitrogens with zero attached hydrogens (tertiary/aromatic N) is 1. The second-order valence-electron chi connectivity index (χ2n) is 2.61. The summed E-state index contributed by atoms with van der Waals surface area (Å²) < 4.78 is 24.8. The Bertz CT molecular complexity index is 315. The predicted molar refractivity (Wildman–Crippen MR) is 46.8 cm³/mol. The Kier molecular flexibility index (Phi) is 3.17. The van der Waals surface area contributed by atoms with Crippen LogP contribution in [0.25, 0.3) is 0 Å². The first-order valence-corrected chi connectivity index (χ1v) is 4.08. The van der Waals surface area contributed by atoms with Crippen LogP contribution in [-0.2, 0) is 6.54 Å². The summed E-state index contributed by atoms with van der Waals surface area (Å²) in [5, 5.41) is 0.0568. The molecule has 0 unspecified atom stereocenters. The lowest BCUT2D eigenvalue weighted by Gasteiger charge is -2.08. The van der Waals surface area contributed by atoms with Gasteiger partial charge in [-0.25, -0.2) is 13.8 Å². The average Bonchev–Trinajstić information content (AvgIpc) is 2.08. The Labute approximate surface area is 79.7 Å². The van der Waals surface area contributed by atoms with Gasteiger partial charge in [0.15, 0.2) is 0 Å². The smallest absolute Gasteiger partial charge is 0.264 e. The molecule has 0 atom stereocenters. The van der Waals surface area contributed by atoms with E-state index in [0.29, 0.717) is 11.3 Å². The van der Waals surface area contributed by atoms with Gasteiger partial charge in [-0.15, -0.1) is 0 Å². The van der Waals surface area contributed by atoms with E-state index in [1.807, 2.05) is 0 Å². The molecule has 0 aromatic carbocycles. The number of aromatic nitrogens is 1. The summed E-state index contributed by atoms with van der Waals surface area (Å²) in [6.07, 6.45) is -2.54. The fourth-order valence-electron chi connectivity index (χ4n) is 1.07. The molecule has 0 saturated heterocycles. The van der Waals surface area contributed by atoms with E-state index >= 15 is 0 Å². The van der Waals surface area contributed by atoms with Gasteiger partial charge in [0, 0.05) is 12.1 Å². The third-order valence-corrected chi connectivity index (χ3v) is 2.00. The summed E-state index contributed by atoms with van der Waals surface area (Å²) >= 11 is 5.54. The molecule has 0 radical (unpaired) electrons. The summed E-state index contributed by atoms with van der Waals surface area (Å²) in [6, 6.07) is 1.17. The molecule has 72 valence electrons. The lowest BCUT2D eigenvalue weighted by atomic mass is 10.1. The molecule has 13 heavy (non-hydrogen) atoms. The first kappa shape index (κ1) is 10.3. The molecule has 0 aliphatic heterocycles. The van der Waals surface area contributed by atoms with Gasteiger partial charge in [0.25, 0.3) is 6.43 Å². The second-order valence-corrected chi connectivity index (χ2v) is 3.00. The van der Waals surface area contributed by atoms with Gasteiger partial charge >= 0.3 is 0 Å². The maximum Gasteiger partial charge on any atom is 0.264 e. The lowest BCUT2D eigenvalue weighted by Crippen LogP contribution is -2.05. The van der Waals surface area contributed by atoms with E-state index in [2.05, 4.69) is 4.98 Å². The van der Waals surface area contributed by atoms with E-state index in [0.717, 1.165) is 0 Å². The second kappa shape index (κ2) is 3.98. The molecular formula is C8H9ClF2N2. The number of nitrogens with two attached hydrogens (primary N) is 1. The standard InChI is InChI=1S/C8H9ClF2N2/c1-4-5(8(10)11)2-7(9)13-6(4)3-12/h2,8H,3,12H2,1H3. The molecule has 0 fully saturated rings. The topological polar surface area (TPSA) is 38.9 Å². The number of halogens is 3. The van der Waals surface area contributed by atoms with Gasteiger partial charge < -0.3 is 5.73 Å². The van der Waals surface area contributed by atoms with E-state index in [9.17, 15) is 8.78 Å². The van der Waals surface area contributed by atoms with Crippen molar-refractivity contribution in [1.29, 1.82) is 0 Å². The molecule has 0 bridgehead atoms. The van der Waals surface area contributed by atoms with Gasteiger partial charge in [-0.3, -0.25) is 0 Å². The van der Waals surface area contributed by atoms with Gasteiger partial charge in [-0.2, -0.15) is 0 Å². The minimum absolute atomic E-state index is 0.0568. The molecule has 1 aromatic rings. The molecule has 5 heteroatoms. The number of pyridine rings is 1. The van der Waals surface area contributed by atoms with Gasteiger partial charge in [0.2, 0.25) is 0 Å². The summed E-state index contributed by atoms with van der Waals surface area (Å²) in [6.45, 7) is 1.68. The van der Waals surface area contributed by atoms with Gasteiger partial charge in [-0.1, -0.05) is 11.6 Å². The molecule has 0 aliphatic carbocycles. The average molecular weight is 207 g/mol. The fourth-order valence-corrected chi connectivity index (χ4v) is 1.29. The molecule has 1 heterocycles. The van der Waals surface area contributed by atoms with Crippen molar-refractivity contribution in [1.82, 2.24) is 4.98 Å². The molecule has 0 spiro atoms. The van der Waals surface area contributed by atoms with Crippen molar-refractivity contribution in [2.45, 2.75) is 19.9 Å². The molecular weight excluding hydrogens is 198 g/mol. The molecule has 2 nitrogen and oxygen atoms in total. The Balaban J connectivity index is 3.27. The summed E-state index contributed by atoms with van der Waals surface area (Å²) in [5.41, 5.74) is 6.06. The van der Waals surface area contributed by atoms with Crippen LogP contribution in [0.2, 0.25) is 5.15 Å². The summed E-state index contributed by atoms with van der Waals surface area (Å²) in [5.74, 6) is 0. The van der Waals surface area contributed by atoms with Gasteiger partial charge in [-0.05, 0) is 18.6 Å². The Morgan fingerprint density at radius 1 is 1.62 bits per heavy atom. The highest BCUT2D eigenvalue weighted by Gasteiger charge is 2.14. The highest BCUT2D eigenvalue weighted by Crippen LogP contribution is 2.26. The summed E-state index contributed by atoms with van der Waals surface area (Å²) in [7, 11) is 0. The SMILES string of the molecule is Cc1c(C(F)F)cc(Cl)nc1CN. The van der Waals surface area contributed by atoms with Crippen LogP contribution in [-0.4, -0.2) is 4.98 Å². The Morgan fingerprint density at radius 3 is 2.69 bits per heavy atom. The van der Waals surface area contributed by atoms with Gasteiger partial charge in [0.1, 0.15) is 5.15 Å². The zero-order valence-corrected chi connectivity index (χ0v) is 7.78. The normalized spacial score (nSPS) is 10.9. The molecule has 0 aliphatic rings. The maximum atomic E-state index is 12.4. The van der Waals surface area contributed by atoms with E-state index in [4.69, 9.17) is 17.3 Å². The maximum absolute atomic E-state index is 12.4. The van der Waals surface area contributed by atoms with Crippen LogP contribution in [0.5, 0.6) is 0 Å². The highest BCUT2D eigenvalue weighted by molar-refractivity contribution is 6.29. The quantitative estimate of drug-likeness (QED) is 0.755. The highest BCUT2D eigenvalue weighted by atomic mass is 35.5. The van der Waals surface area contributed by atoms with Crippen molar-refractivity contribution in [3.05, 3.63) is 28.0 Å². The molecule has 1 rings (SSSR count). The molecule has 1 aromatic heterocycles. The van der Waals surface area contributed by atoms with Crippen LogP contribution in [0.1, 0.15) is 23.2 Å². The van der Waals surface area contributed by atoms with Crippen LogP contribution < -0.4 is 5.73 Å². The largest absolute Gasteiger partial charge is 0.325 e. The number of rotatable bonds is 2.